The number of anilines is 3. The van der Waals surface area contributed by atoms with E-state index in [0.717, 1.165) is 11.1 Å². The SMILES string of the molecule is Cc1ccc(NS(=O)(=O)c2cc(C(=O)Nc3ccc(S(=O)(=O)Nc4cccc(C)c4)cc3)ccc2Cl)cc1. The first-order valence-corrected chi connectivity index (χ1v) is 14.7. The van der Waals surface area contributed by atoms with Crippen LogP contribution < -0.4 is 14.8 Å². The molecule has 0 aliphatic heterocycles. The van der Waals surface area contributed by atoms with Crippen molar-refractivity contribution in [3.05, 3.63) is 113 Å². The van der Waals surface area contributed by atoms with Crippen molar-refractivity contribution in [3.63, 3.8) is 0 Å². The monoisotopic (exact) mass is 569 g/mol. The largest absolute Gasteiger partial charge is 0.322 e. The fourth-order valence-corrected chi connectivity index (χ4v) is 6.16. The van der Waals surface area contributed by atoms with Crippen LogP contribution in [-0.4, -0.2) is 22.7 Å². The number of aryl methyl sites for hydroxylation is 2. The molecule has 0 bridgehead atoms. The van der Waals surface area contributed by atoms with Crippen LogP contribution >= 0.6 is 11.6 Å². The summed E-state index contributed by atoms with van der Waals surface area (Å²) in [6.45, 7) is 3.74. The van der Waals surface area contributed by atoms with Gasteiger partial charge in [0.15, 0.2) is 0 Å². The summed E-state index contributed by atoms with van der Waals surface area (Å²) in [6, 6.07) is 23.2. The van der Waals surface area contributed by atoms with Crippen LogP contribution in [0.3, 0.4) is 0 Å². The summed E-state index contributed by atoms with van der Waals surface area (Å²) < 4.78 is 56.2. The molecule has 196 valence electrons. The first-order valence-electron chi connectivity index (χ1n) is 11.3. The summed E-state index contributed by atoms with van der Waals surface area (Å²) in [5.41, 5.74) is 3.05. The third kappa shape index (κ3) is 6.52. The van der Waals surface area contributed by atoms with Gasteiger partial charge in [-0.25, -0.2) is 16.8 Å². The van der Waals surface area contributed by atoms with Gasteiger partial charge >= 0.3 is 0 Å². The van der Waals surface area contributed by atoms with Gasteiger partial charge in [0.05, 0.1) is 9.92 Å². The van der Waals surface area contributed by atoms with Crippen molar-refractivity contribution in [2.24, 2.45) is 0 Å². The molecule has 4 aromatic carbocycles. The summed E-state index contributed by atoms with van der Waals surface area (Å²) >= 11 is 6.15. The summed E-state index contributed by atoms with van der Waals surface area (Å²) in [7, 11) is -7.91. The second kappa shape index (κ2) is 10.9. The zero-order chi connectivity index (χ0) is 27.5. The molecule has 11 heteroatoms. The fraction of sp³-hybridized carbons (Fsp3) is 0.0741. The molecule has 0 aliphatic carbocycles. The van der Waals surface area contributed by atoms with Crippen molar-refractivity contribution in [1.82, 2.24) is 0 Å². The van der Waals surface area contributed by atoms with Crippen molar-refractivity contribution in [2.45, 2.75) is 23.6 Å². The van der Waals surface area contributed by atoms with Crippen LogP contribution in [0, 0.1) is 13.8 Å². The van der Waals surface area contributed by atoms with E-state index < -0.39 is 26.0 Å². The molecular weight excluding hydrogens is 546 g/mol. The van der Waals surface area contributed by atoms with E-state index in [1.807, 2.05) is 19.9 Å². The van der Waals surface area contributed by atoms with E-state index in [1.165, 1.54) is 42.5 Å². The quantitative estimate of drug-likeness (QED) is 0.247. The van der Waals surface area contributed by atoms with Crippen LogP contribution in [-0.2, 0) is 20.0 Å². The Kier molecular flexibility index (Phi) is 7.77. The Hall–Kier alpha value is -3.86. The number of hydrogen-bond acceptors (Lipinski definition) is 5. The number of hydrogen-bond donors (Lipinski definition) is 3. The average molecular weight is 570 g/mol. The Balaban J connectivity index is 1.49. The van der Waals surface area contributed by atoms with Gasteiger partial charge in [0.2, 0.25) is 0 Å². The van der Waals surface area contributed by atoms with E-state index in [9.17, 15) is 21.6 Å². The molecule has 0 saturated carbocycles. The number of rotatable bonds is 8. The summed E-state index contributed by atoms with van der Waals surface area (Å²) in [6.07, 6.45) is 0. The average Bonchev–Trinajstić information content (AvgIpc) is 2.85. The third-order valence-electron chi connectivity index (χ3n) is 5.48. The number of nitrogens with one attached hydrogen (secondary N) is 3. The van der Waals surface area contributed by atoms with Crippen molar-refractivity contribution in [2.75, 3.05) is 14.8 Å². The van der Waals surface area contributed by atoms with Gasteiger partial charge in [-0.1, -0.05) is 41.4 Å². The molecule has 0 fully saturated rings. The number of benzene rings is 4. The maximum Gasteiger partial charge on any atom is 0.263 e. The summed E-state index contributed by atoms with van der Waals surface area (Å²) in [4.78, 5) is 12.6. The van der Waals surface area contributed by atoms with E-state index in [0.29, 0.717) is 17.1 Å². The lowest BCUT2D eigenvalue weighted by Gasteiger charge is -2.12. The Labute approximate surface area is 226 Å². The number of amides is 1. The fourth-order valence-electron chi connectivity index (χ4n) is 3.53. The van der Waals surface area contributed by atoms with E-state index in [2.05, 4.69) is 14.8 Å². The number of carbonyl (C=O) groups excluding carboxylic acids is 1. The van der Waals surface area contributed by atoms with Crippen LogP contribution in [0.25, 0.3) is 0 Å². The summed E-state index contributed by atoms with van der Waals surface area (Å²) in [5.74, 6) is -0.595. The molecule has 38 heavy (non-hydrogen) atoms. The molecule has 3 N–H and O–H groups in total. The molecule has 0 aliphatic rings. The zero-order valence-electron chi connectivity index (χ0n) is 20.4. The van der Waals surface area contributed by atoms with Gasteiger partial charge in [0, 0.05) is 22.6 Å². The molecule has 0 saturated heterocycles. The van der Waals surface area contributed by atoms with Crippen molar-refractivity contribution >= 4 is 54.6 Å². The van der Waals surface area contributed by atoms with Gasteiger partial charge in [-0.2, -0.15) is 0 Å². The summed E-state index contributed by atoms with van der Waals surface area (Å²) in [5, 5.41) is 2.59. The minimum atomic E-state index is -4.07. The lowest BCUT2D eigenvalue weighted by Crippen LogP contribution is -2.17. The molecule has 0 radical (unpaired) electrons. The smallest absolute Gasteiger partial charge is 0.263 e. The van der Waals surface area contributed by atoms with Gasteiger partial charge in [-0.3, -0.25) is 14.2 Å². The van der Waals surface area contributed by atoms with Crippen molar-refractivity contribution in [1.29, 1.82) is 0 Å². The first-order chi connectivity index (χ1) is 17.9. The van der Waals surface area contributed by atoms with Crippen molar-refractivity contribution < 1.29 is 21.6 Å². The molecule has 0 atom stereocenters. The molecule has 1 amide bonds. The normalized spacial score (nSPS) is 11.6. The highest BCUT2D eigenvalue weighted by molar-refractivity contribution is 7.93. The highest BCUT2D eigenvalue weighted by atomic mass is 35.5. The third-order valence-corrected chi connectivity index (χ3v) is 8.74. The Morgan fingerprint density at radius 3 is 1.95 bits per heavy atom. The number of carbonyl (C=O) groups is 1. The molecule has 4 rings (SSSR count). The van der Waals surface area contributed by atoms with Crippen LogP contribution in [0.2, 0.25) is 5.02 Å². The molecule has 0 spiro atoms. The lowest BCUT2D eigenvalue weighted by atomic mass is 10.2. The number of halogens is 1. The van der Waals surface area contributed by atoms with E-state index >= 15 is 0 Å². The van der Waals surface area contributed by atoms with Gasteiger partial charge in [0.1, 0.15) is 4.90 Å². The van der Waals surface area contributed by atoms with Crippen LogP contribution in [0.5, 0.6) is 0 Å². The molecule has 0 unspecified atom stereocenters. The van der Waals surface area contributed by atoms with Gasteiger partial charge in [-0.15, -0.1) is 0 Å². The minimum absolute atomic E-state index is 0.0130. The van der Waals surface area contributed by atoms with E-state index in [-0.39, 0.29) is 20.4 Å². The highest BCUT2D eigenvalue weighted by Crippen LogP contribution is 2.26. The lowest BCUT2D eigenvalue weighted by molar-refractivity contribution is 0.102. The Morgan fingerprint density at radius 2 is 1.29 bits per heavy atom. The van der Waals surface area contributed by atoms with Gasteiger partial charge < -0.3 is 5.32 Å². The van der Waals surface area contributed by atoms with Crippen LogP contribution in [0.15, 0.2) is 101 Å². The zero-order valence-corrected chi connectivity index (χ0v) is 22.8. The topological polar surface area (TPSA) is 121 Å². The van der Waals surface area contributed by atoms with Gasteiger partial charge in [0.25, 0.3) is 26.0 Å². The minimum Gasteiger partial charge on any atom is -0.322 e. The van der Waals surface area contributed by atoms with Crippen LogP contribution in [0.4, 0.5) is 17.1 Å². The Bertz CT molecular complexity index is 1700. The number of sulfonamides is 2. The Morgan fingerprint density at radius 1 is 0.658 bits per heavy atom. The predicted molar refractivity (Wildman–Crippen MR) is 150 cm³/mol. The highest BCUT2D eigenvalue weighted by Gasteiger charge is 2.21. The van der Waals surface area contributed by atoms with Gasteiger partial charge in [-0.05, 0) is 86.1 Å². The molecule has 0 aromatic heterocycles. The van der Waals surface area contributed by atoms with E-state index in [4.69, 9.17) is 11.6 Å². The van der Waals surface area contributed by atoms with E-state index in [1.54, 1.807) is 42.5 Å². The second-order valence-corrected chi connectivity index (χ2v) is 12.3. The second-order valence-electron chi connectivity index (χ2n) is 8.57. The predicted octanol–water partition coefficient (Wildman–Crippen LogP) is 5.81. The maximum absolute atomic E-state index is 12.9. The van der Waals surface area contributed by atoms with Crippen LogP contribution in [0.1, 0.15) is 21.5 Å². The standard InChI is InChI=1S/C27H24ClN3O5S2/c1-18-6-9-22(10-7-18)30-38(35,36)26-17-20(8-15-25(26)28)27(32)29-21-11-13-24(14-12-21)37(33,34)31-23-5-3-4-19(2)16-23/h3-17,30-31H,1-2H3,(H,29,32). The maximum atomic E-state index is 12.9. The molecule has 0 heterocycles. The first kappa shape index (κ1) is 27.2. The molecule has 4 aromatic rings. The molecule has 8 nitrogen and oxygen atoms in total. The van der Waals surface area contributed by atoms with Crippen molar-refractivity contribution in [3.8, 4) is 0 Å². The molecular formula is C27H24ClN3O5S2.